The third-order valence-corrected chi connectivity index (χ3v) is 3.68. The maximum Gasteiger partial charge on any atom is 0.350 e. The van der Waals surface area contributed by atoms with Crippen molar-refractivity contribution in [2.45, 2.75) is 25.4 Å². The van der Waals surface area contributed by atoms with E-state index in [0.717, 1.165) is 11.3 Å². The number of hydrogen-bond acceptors (Lipinski definition) is 5. The Morgan fingerprint density at radius 1 is 1.27 bits per heavy atom. The predicted octanol–water partition coefficient (Wildman–Crippen LogP) is 2.49. The Bertz CT molecular complexity index is 885. The first-order valence-corrected chi connectivity index (χ1v) is 7.52. The molecule has 0 bridgehead atoms. The zero-order valence-corrected chi connectivity index (χ0v) is 13.2. The van der Waals surface area contributed by atoms with Gasteiger partial charge in [-0.15, -0.1) is 12.6 Å². The second-order valence-corrected chi connectivity index (χ2v) is 5.10. The van der Waals surface area contributed by atoms with Crippen LogP contribution in [0.5, 0.6) is 5.75 Å². The number of rotatable bonds is 4. The quantitative estimate of drug-likeness (QED) is 0.573. The first-order chi connectivity index (χ1) is 10.7. The number of H-pyrrole nitrogens is 1. The number of nitrogens with one attached hydrogen (secondary N) is 1. The molecule has 6 nitrogen and oxygen atoms in total. The summed E-state index contributed by atoms with van der Waals surface area (Å²) in [6.07, 6.45) is 0. The lowest BCUT2D eigenvalue weighted by molar-refractivity contribution is 0.341. The van der Waals surface area contributed by atoms with Gasteiger partial charge in [0, 0.05) is 6.54 Å². The molecule has 114 valence electrons. The fourth-order valence-corrected chi connectivity index (χ4v) is 2.61. The second kappa shape index (κ2) is 5.84. The average Bonchev–Trinajstić information content (AvgIpc) is 2.94. The molecule has 0 radical (unpaired) electrons. The van der Waals surface area contributed by atoms with Gasteiger partial charge in [0.05, 0.1) is 12.2 Å². The number of aromatic amines is 1. The molecule has 2 aromatic heterocycles. The Morgan fingerprint density at radius 2 is 2.05 bits per heavy atom. The van der Waals surface area contributed by atoms with Crippen molar-refractivity contribution in [2.75, 3.05) is 6.61 Å². The highest BCUT2D eigenvalue weighted by molar-refractivity contribution is 7.80. The average molecular weight is 316 g/mol. The van der Waals surface area contributed by atoms with Crippen LogP contribution in [0.1, 0.15) is 13.8 Å². The van der Waals surface area contributed by atoms with E-state index in [-0.39, 0.29) is 5.69 Å². The second-order valence-electron chi connectivity index (χ2n) is 4.68. The Kier molecular flexibility index (Phi) is 3.89. The van der Waals surface area contributed by atoms with Gasteiger partial charge in [-0.3, -0.25) is 4.57 Å². The molecule has 3 rings (SSSR count). The number of imidazole rings is 1. The monoisotopic (exact) mass is 316 g/mol. The van der Waals surface area contributed by atoms with Crippen molar-refractivity contribution in [3.63, 3.8) is 0 Å². The number of aryl methyl sites for hydroxylation is 1. The van der Waals surface area contributed by atoms with Gasteiger partial charge in [0.15, 0.2) is 5.65 Å². The molecular formula is C15H16N4O2S. The van der Waals surface area contributed by atoms with E-state index in [1.54, 1.807) is 0 Å². The van der Waals surface area contributed by atoms with Gasteiger partial charge in [-0.1, -0.05) is 12.1 Å². The Labute approximate surface area is 132 Å². The molecule has 0 spiro atoms. The zero-order chi connectivity index (χ0) is 15.7. The molecule has 2 heterocycles. The Hall–Kier alpha value is -2.28. The van der Waals surface area contributed by atoms with Crippen LogP contribution in [-0.2, 0) is 6.54 Å². The van der Waals surface area contributed by atoms with E-state index in [4.69, 9.17) is 4.74 Å². The van der Waals surface area contributed by atoms with Crippen molar-refractivity contribution in [3.05, 3.63) is 34.7 Å². The van der Waals surface area contributed by atoms with E-state index < -0.39 is 0 Å². The van der Waals surface area contributed by atoms with Crippen LogP contribution in [0.25, 0.3) is 22.6 Å². The number of hydrogen-bond donors (Lipinski definition) is 2. The summed E-state index contributed by atoms with van der Waals surface area (Å²) in [6.45, 7) is 4.87. The first-order valence-electron chi connectivity index (χ1n) is 7.07. The standard InChI is InChI=1S/C15H16N4O2S/c1-3-19-13-11(14(22)18-15(19)20)16-12(17-13)9-7-5-6-8-10(9)21-4-2/h5-8H,3-4H2,1-2H3,(H,16,17)(H,18,20,22). The van der Waals surface area contributed by atoms with Crippen LogP contribution in [0.15, 0.2) is 34.1 Å². The fraction of sp³-hybridized carbons (Fsp3) is 0.267. The third-order valence-electron chi connectivity index (χ3n) is 3.35. The lowest BCUT2D eigenvalue weighted by atomic mass is 10.2. The first kappa shape index (κ1) is 14.6. The molecule has 0 aliphatic heterocycles. The van der Waals surface area contributed by atoms with Crippen LogP contribution in [0.3, 0.4) is 0 Å². The maximum absolute atomic E-state index is 11.9. The fourth-order valence-electron chi connectivity index (χ4n) is 2.37. The summed E-state index contributed by atoms with van der Waals surface area (Å²) < 4.78 is 7.15. The van der Waals surface area contributed by atoms with Crippen LogP contribution in [-0.4, -0.2) is 26.1 Å². The van der Waals surface area contributed by atoms with Crippen molar-refractivity contribution in [1.82, 2.24) is 19.5 Å². The smallest absolute Gasteiger partial charge is 0.350 e. The van der Waals surface area contributed by atoms with Gasteiger partial charge in [-0.2, -0.15) is 4.98 Å². The minimum atomic E-state index is -0.351. The van der Waals surface area contributed by atoms with Crippen LogP contribution in [0, 0.1) is 0 Å². The number of benzene rings is 1. The molecule has 3 aromatic rings. The van der Waals surface area contributed by atoms with Gasteiger partial charge in [0.2, 0.25) is 0 Å². The maximum atomic E-state index is 11.9. The molecule has 0 fully saturated rings. The number of thiol groups is 1. The molecule has 0 saturated heterocycles. The molecule has 0 aliphatic carbocycles. The molecule has 22 heavy (non-hydrogen) atoms. The summed E-state index contributed by atoms with van der Waals surface area (Å²) in [7, 11) is 0. The number of aromatic nitrogens is 4. The minimum absolute atomic E-state index is 0.345. The highest BCUT2D eigenvalue weighted by Gasteiger charge is 2.15. The normalized spacial score (nSPS) is 11.0. The summed E-state index contributed by atoms with van der Waals surface area (Å²) in [5.74, 6) is 1.37. The van der Waals surface area contributed by atoms with Crippen LogP contribution in [0.4, 0.5) is 0 Å². The van der Waals surface area contributed by atoms with Gasteiger partial charge in [0.25, 0.3) is 0 Å². The van der Waals surface area contributed by atoms with E-state index in [9.17, 15) is 4.79 Å². The topological polar surface area (TPSA) is 72.8 Å². The van der Waals surface area contributed by atoms with E-state index >= 15 is 0 Å². The number of nitrogens with zero attached hydrogens (tertiary/aromatic N) is 3. The SMILES string of the molecule is CCOc1ccccc1-c1nc2c([nH]1)c(S)nc(=O)n2CC. The van der Waals surface area contributed by atoms with Gasteiger partial charge < -0.3 is 9.72 Å². The van der Waals surface area contributed by atoms with Crippen LogP contribution >= 0.6 is 12.6 Å². The van der Waals surface area contributed by atoms with Crippen LogP contribution < -0.4 is 10.4 Å². The molecule has 0 amide bonds. The lowest BCUT2D eigenvalue weighted by Crippen LogP contribution is -2.22. The van der Waals surface area contributed by atoms with Crippen molar-refractivity contribution >= 4 is 23.8 Å². The third kappa shape index (κ3) is 2.37. The van der Waals surface area contributed by atoms with E-state index in [1.807, 2.05) is 38.1 Å². The van der Waals surface area contributed by atoms with Crippen LogP contribution in [0.2, 0.25) is 0 Å². The number of fused-ring (bicyclic) bond motifs is 1. The summed E-state index contributed by atoms with van der Waals surface area (Å²) >= 11 is 4.27. The van der Waals surface area contributed by atoms with Crippen molar-refractivity contribution in [3.8, 4) is 17.1 Å². The molecule has 0 aliphatic rings. The Balaban J connectivity index is 2.26. The highest BCUT2D eigenvalue weighted by atomic mass is 32.1. The lowest BCUT2D eigenvalue weighted by Gasteiger charge is -2.07. The molecule has 1 N–H and O–H groups in total. The number of para-hydroxylation sites is 1. The van der Waals surface area contributed by atoms with E-state index in [1.165, 1.54) is 4.57 Å². The minimum Gasteiger partial charge on any atom is -0.493 e. The van der Waals surface area contributed by atoms with E-state index in [2.05, 4.69) is 27.6 Å². The molecule has 0 unspecified atom stereocenters. The Morgan fingerprint density at radius 3 is 2.77 bits per heavy atom. The van der Waals surface area contributed by atoms with Crippen molar-refractivity contribution < 1.29 is 4.74 Å². The molecule has 0 atom stereocenters. The molecule has 0 saturated carbocycles. The summed E-state index contributed by atoms with van der Waals surface area (Å²) in [5, 5.41) is 0.345. The van der Waals surface area contributed by atoms with Gasteiger partial charge in [-0.25, -0.2) is 9.78 Å². The van der Waals surface area contributed by atoms with Crippen molar-refractivity contribution in [1.29, 1.82) is 0 Å². The summed E-state index contributed by atoms with van der Waals surface area (Å²) in [4.78, 5) is 23.6. The number of ether oxygens (including phenoxy) is 1. The van der Waals surface area contributed by atoms with Gasteiger partial charge in [-0.05, 0) is 26.0 Å². The molecule has 7 heteroatoms. The van der Waals surface area contributed by atoms with Gasteiger partial charge >= 0.3 is 5.69 Å². The van der Waals surface area contributed by atoms with Gasteiger partial charge in [0.1, 0.15) is 22.1 Å². The van der Waals surface area contributed by atoms with Crippen molar-refractivity contribution in [2.24, 2.45) is 0 Å². The summed E-state index contributed by atoms with van der Waals surface area (Å²) in [5.41, 5.74) is 1.68. The van der Waals surface area contributed by atoms with E-state index in [0.29, 0.717) is 35.2 Å². The zero-order valence-electron chi connectivity index (χ0n) is 12.3. The summed E-state index contributed by atoms with van der Waals surface area (Å²) in [6, 6.07) is 7.63. The highest BCUT2D eigenvalue weighted by Crippen LogP contribution is 2.30. The predicted molar refractivity (Wildman–Crippen MR) is 87.7 cm³/mol. The molecular weight excluding hydrogens is 300 g/mol. The largest absolute Gasteiger partial charge is 0.493 e. The molecule has 1 aromatic carbocycles.